The molecule has 0 aliphatic carbocycles. The number of aromatic nitrogens is 1. The Morgan fingerprint density at radius 2 is 2.04 bits per heavy atom. The van der Waals surface area contributed by atoms with E-state index in [9.17, 15) is 9.59 Å². The third-order valence-corrected chi connectivity index (χ3v) is 3.91. The number of pyridine rings is 1. The van der Waals surface area contributed by atoms with E-state index in [0.717, 1.165) is 5.82 Å². The molecule has 1 saturated heterocycles. The minimum atomic E-state index is -0.510. The number of hydrogen-bond donors (Lipinski definition) is 0. The highest BCUT2D eigenvalue weighted by atomic mass is 16.6. The SMILES string of the molecule is CC(=O)CCC1CN(C(=O)OC(C)(C)C)CCN1c1ccccn1. The quantitative estimate of drug-likeness (QED) is 0.848. The molecule has 6 nitrogen and oxygen atoms in total. The number of anilines is 1. The maximum atomic E-state index is 12.3. The van der Waals surface area contributed by atoms with E-state index in [1.165, 1.54) is 0 Å². The molecule has 0 bridgehead atoms. The molecule has 2 heterocycles. The molecule has 1 fully saturated rings. The lowest BCUT2D eigenvalue weighted by molar-refractivity contribution is -0.117. The van der Waals surface area contributed by atoms with Crippen LogP contribution in [0.15, 0.2) is 24.4 Å². The van der Waals surface area contributed by atoms with Crippen molar-refractivity contribution >= 4 is 17.7 Å². The summed E-state index contributed by atoms with van der Waals surface area (Å²) in [6.07, 6.45) is 2.66. The molecule has 1 aromatic heterocycles. The molecule has 0 spiro atoms. The number of carbonyl (C=O) groups excluding carboxylic acids is 2. The van der Waals surface area contributed by atoms with E-state index in [2.05, 4.69) is 9.88 Å². The summed E-state index contributed by atoms with van der Waals surface area (Å²) < 4.78 is 5.48. The Balaban J connectivity index is 2.10. The van der Waals surface area contributed by atoms with Gasteiger partial charge in [-0.1, -0.05) is 6.07 Å². The van der Waals surface area contributed by atoms with Crippen molar-refractivity contribution in [2.75, 3.05) is 24.5 Å². The molecule has 0 aromatic carbocycles. The Morgan fingerprint density at radius 1 is 1.29 bits per heavy atom. The summed E-state index contributed by atoms with van der Waals surface area (Å²) >= 11 is 0. The fourth-order valence-electron chi connectivity index (χ4n) is 2.79. The van der Waals surface area contributed by atoms with Crippen molar-refractivity contribution in [2.45, 2.75) is 52.2 Å². The standard InChI is InChI=1S/C18H27N3O3/c1-14(22)8-9-15-13-20(17(23)24-18(2,3)4)11-12-21(15)16-7-5-6-10-19-16/h5-7,10,15H,8-9,11-13H2,1-4H3. The molecule has 1 amide bonds. The average Bonchev–Trinajstić information content (AvgIpc) is 2.52. The Kier molecular flexibility index (Phi) is 5.80. The zero-order valence-electron chi connectivity index (χ0n) is 15.0. The van der Waals surface area contributed by atoms with Crippen molar-refractivity contribution in [2.24, 2.45) is 0 Å². The summed E-state index contributed by atoms with van der Waals surface area (Å²) in [7, 11) is 0. The number of piperazine rings is 1. The average molecular weight is 333 g/mol. The van der Waals surface area contributed by atoms with Crippen molar-refractivity contribution in [3.63, 3.8) is 0 Å². The lowest BCUT2D eigenvalue weighted by Gasteiger charge is -2.42. The molecule has 6 heteroatoms. The maximum absolute atomic E-state index is 12.3. The number of carbonyl (C=O) groups is 2. The summed E-state index contributed by atoms with van der Waals surface area (Å²) in [5.41, 5.74) is -0.510. The highest BCUT2D eigenvalue weighted by molar-refractivity contribution is 5.75. The first kappa shape index (κ1) is 18.2. The van der Waals surface area contributed by atoms with Gasteiger partial charge in [0, 0.05) is 38.3 Å². The van der Waals surface area contributed by atoms with Crippen molar-refractivity contribution in [3.8, 4) is 0 Å². The van der Waals surface area contributed by atoms with E-state index in [4.69, 9.17) is 4.74 Å². The van der Waals surface area contributed by atoms with Gasteiger partial charge in [0.2, 0.25) is 0 Å². The summed E-state index contributed by atoms with van der Waals surface area (Å²) in [5.74, 6) is 1.04. The van der Waals surface area contributed by atoms with Crippen molar-refractivity contribution < 1.29 is 14.3 Å². The van der Waals surface area contributed by atoms with Crippen LogP contribution in [0.25, 0.3) is 0 Å². The normalized spacial score (nSPS) is 18.4. The van der Waals surface area contributed by atoms with Crippen LogP contribution in [0.3, 0.4) is 0 Å². The molecule has 1 unspecified atom stereocenters. The van der Waals surface area contributed by atoms with E-state index in [1.54, 1.807) is 18.0 Å². The smallest absolute Gasteiger partial charge is 0.410 e. The first-order valence-corrected chi connectivity index (χ1v) is 8.41. The minimum Gasteiger partial charge on any atom is -0.444 e. The highest BCUT2D eigenvalue weighted by Gasteiger charge is 2.32. The zero-order chi connectivity index (χ0) is 17.7. The van der Waals surface area contributed by atoms with Gasteiger partial charge >= 0.3 is 6.09 Å². The lowest BCUT2D eigenvalue weighted by Crippen LogP contribution is -2.56. The second-order valence-electron chi connectivity index (χ2n) is 7.20. The van der Waals surface area contributed by atoms with Gasteiger partial charge in [0.1, 0.15) is 17.2 Å². The number of rotatable bonds is 4. The monoisotopic (exact) mass is 333 g/mol. The Labute approximate surface area is 143 Å². The van der Waals surface area contributed by atoms with Gasteiger partial charge in [-0.3, -0.25) is 0 Å². The fourth-order valence-corrected chi connectivity index (χ4v) is 2.79. The number of nitrogens with zero attached hydrogens (tertiary/aromatic N) is 3. The molecule has 1 atom stereocenters. The van der Waals surface area contributed by atoms with E-state index < -0.39 is 5.60 Å². The number of ether oxygens (including phenoxy) is 1. The van der Waals surface area contributed by atoms with Crippen LogP contribution in [0.1, 0.15) is 40.5 Å². The van der Waals surface area contributed by atoms with Gasteiger partial charge in [0.25, 0.3) is 0 Å². The van der Waals surface area contributed by atoms with E-state index in [-0.39, 0.29) is 17.9 Å². The predicted molar refractivity (Wildman–Crippen MR) is 93.1 cm³/mol. The highest BCUT2D eigenvalue weighted by Crippen LogP contribution is 2.22. The molecule has 0 radical (unpaired) electrons. The van der Waals surface area contributed by atoms with Crippen LogP contribution >= 0.6 is 0 Å². The Morgan fingerprint density at radius 3 is 2.62 bits per heavy atom. The topological polar surface area (TPSA) is 62.7 Å². The van der Waals surface area contributed by atoms with E-state index in [1.807, 2.05) is 39.0 Å². The summed E-state index contributed by atoms with van der Waals surface area (Å²) in [6, 6.07) is 5.85. The van der Waals surface area contributed by atoms with E-state index >= 15 is 0 Å². The third kappa shape index (κ3) is 5.22. The van der Waals surface area contributed by atoms with Gasteiger partial charge in [-0.15, -0.1) is 0 Å². The van der Waals surface area contributed by atoms with Crippen LogP contribution in [-0.4, -0.2) is 53.0 Å². The molecule has 1 aliphatic rings. The van der Waals surface area contributed by atoms with Crippen LogP contribution in [0, 0.1) is 0 Å². The lowest BCUT2D eigenvalue weighted by atomic mass is 10.0. The number of amides is 1. The van der Waals surface area contributed by atoms with E-state index in [0.29, 0.717) is 32.5 Å². The molecule has 1 aliphatic heterocycles. The number of hydrogen-bond acceptors (Lipinski definition) is 5. The first-order chi connectivity index (χ1) is 11.3. The number of Topliss-reactive ketones (excluding diaryl/α,β-unsaturated/α-hetero) is 1. The predicted octanol–water partition coefficient (Wildman–Crippen LogP) is 2.88. The molecule has 1 aromatic rings. The summed E-state index contributed by atoms with van der Waals surface area (Å²) in [4.78, 5) is 32.1. The van der Waals surface area contributed by atoms with Gasteiger partial charge in [0.05, 0.1) is 0 Å². The van der Waals surface area contributed by atoms with Crippen LogP contribution in [0.4, 0.5) is 10.6 Å². The van der Waals surface area contributed by atoms with Gasteiger partial charge in [-0.25, -0.2) is 9.78 Å². The summed E-state index contributed by atoms with van der Waals surface area (Å²) in [6.45, 7) is 8.99. The minimum absolute atomic E-state index is 0.0602. The Hall–Kier alpha value is -2.11. The second-order valence-corrected chi connectivity index (χ2v) is 7.20. The largest absolute Gasteiger partial charge is 0.444 e. The molecule has 0 N–H and O–H groups in total. The van der Waals surface area contributed by atoms with Gasteiger partial charge in [-0.05, 0) is 46.2 Å². The molecule has 0 saturated carbocycles. The first-order valence-electron chi connectivity index (χ1n) is 8.41. The molecule has 2 rings (SSSR count). The molecule has 132 valence electrons. The van der Waals surface area contributed by atoms with Gasteiger partial charge in [-0.2, -0.15) is 0 Å². The maximum Gasteiger partial charge on any atom is 0.410 e. The fraction of sp³-hybridized carbons (Fsp3) is 0.611. The van der Waals surface area contributed by atoms with Crippen molar-refractivity contribution in [3.05, 3.63) is 24.4 Å². The van der Waals surface area contributed by atoms with Crippen LogP contribution in [0.5, 0.6) is 0 Å². The molecule has 24 heavy (non-hydrogen) atoms. The van der Waals surface area contributed by atoms with Crippen molar-refractivity contribution in [1.29, 1.82) is 0 Å². The summed E-state index contributed by atoms with van der Waals surface area (Å²) in [5, 5.41) is 0. The van der Waals surface area contributed by atoms with Crippen LogP contribution in [-0.2, 0) is 9.53 Å². The van der Waals surface area contributed by atoms with Crippen LogP contribution in [0.2, 0.25) is 0 Å². The Bertz CT molecular complexity index is 569. The van der Waals surface area contributed by atoms with Gasteiger partial charge < -0.3 is 19.3 Å². The molecular formula is C18H27N3O3. The van der Waals surface area contributed by atoms with Crippen molar-refractivity contribution in [1.82, 2.24) is 9.88 Å². The molecular weight excluding hydrogens is 306 g/mol. The zero-order valence-corrected chi connectivity index (χ0v) is 15.0. The second kappa shape index (κ2) is 7.64. The number of ketones is 1. The van der Waals surface area contributed by atoms with Gasteiger partial charge in [0.15, 0.2) is 0 Å². The van der Waals surface area contributed by atoms with Crippen LogP contribution < -0.4 is 4.90 Å². The third-order valence-electron chi connectivity index (χ3n) is 3.91.